The fourth-order valence-corrected chi connectivity index (χ4v) is 1.53. The highest BCUT2D eigenvalue weighted by atomic mass is 32.2. The smallest absolute Gasteiger partial charge is 0.184 e. The highest BCUT2D eigenvalue weighted by molar-refractivity contribution is 7.99. The first kappa shape index (κ1) is 10.5. The van der Waals surface area contributed by atoms with E-state index in [0.29, 0.717) is 11.6 Å². The average molecular weight is 202 g/mol. The summed E-state index contributed by atoms with van der Waals surface area (Å²) in [6.07, 6.45) is -0.304. The fourth-order valence-electron chi connectivity index (χ4n) is 0.726. The molecule has 6 heteroatoms. The number of nitrogens with zero attached hydrogens (tertiary/aromatic N) is 4. The van der Waals surface area contributed by atoms with E-state index in [2.05, 4.69) is 15.4 Å². The molecule has 2 atom stereocenters. The fraction of sp³-hybridized carbons (Fsp3) is 0.857. The molecule has 1 N–H and O–H groups in total. The van der Waals surface area contributed by atoms with Gasteiger partial charge < -0.3 is 5.11 Å². The lowest BCUT2D eigenvalue weighted by atomic mass is 10.3. The highest BCUT2D eigenvalue weighted by Crippen LogP contribution is 2.17. The van der Waals surface area contributed by atoms with E-state index in [1.165, 1.54) is 4.80 Å². The molecular formula is C7H14N4OS. The third kappa shape index (κ3) is 3.31. The van der Waals surface area contributed by atoms with Crippen LogP contribution in [0.1, 0.15) is 19.7 Å². The Bertz CT molecular complexity index is 263. The van der Waals surface area contributed by atoms with Crippen molar-refractivity contribution in [3.8, 4) is 0 Å². The molecule has 0 fully saturated rings. The summed E-state index contributed by atoms with van der Waals surface area (Å²) in [6.45, 7) is 3.76. The summed E-state index contributed by atoms with van der Waals surface area (Å²) in [5.41, 5.74) is 0. The molecule has 1 heterocycles. The van der Waals surface area contributed by atoms with Crippen LogP contribution in [0.15, 0.2) is 0 Å². The molecule has 0 saturated heterocycles. The molecule has 0 radical (unpaired) electrons. The maximum Gasteiger partial charge on any atom is 0.184 e. The van der Waals surface area contributed by atoms with E-state index in [4.69, 9.17) is 0 Å². The van der Waals surface area contributed by atoms with E-state index in [9.17, 15) is 5.11 Å². The number of tetrazole rings is 1. The largest absolute Gasteiger partial charge is 0.392 e. The van der Waals surface area contributed by atoms with Crippen molar-refractivity contribution in [2.45, 2.75) is 31.0 Å². The van der Waals surface area contributed by atoms with Gasteiger partial charge in [0.1, 0.15) is 0 Å². The Morgan fingerprint density at radius 2 is 2.23 bits per heavy atom. The zero-order valence-corrected chi connectivity index (χ0v) is 8.82. The summed E-state index contributed by atoms with van der Waals surface area (Å²) < 4.78 is 0. The molecule has 0 aromatic carbocycles. The van der Waals surface area contributed by atoms with E-state index >= 15 is 0 Å². The molecule has 2 unspecified atom stereocenters. The van der Waals surface area contributed by atoms with Gasteiger partial charge in [-0.2, -0.15) is 4.80 Å². The van der Waals surface area contributed by atoms with Gasteiger partial charge in [-0.3, -0.25) is 0 Å². The molecule has 74 valence electrons. The summed E-state index contributed by atoms with van der Waals surface area (Å²) in [4.78, 5) is 1.43. The SMILES string of the molecule is CC(O)C(C)SCc1nnn(C)n1. The summed E-state index contributed by atoms with van der Waals surface area (Å²) in [6, 6.07) is 0. The van der Waals surface area contributed by atoms with Crippen molar-refractivity contribution < 1.29 is 5.11 Å². The number of thioether (sulfide) groups is 1. The van der Waals surface area contributed by atoms with E-state index in [-0.39, 0.29) is 11.4 Å². The van der Waals surface area contributed by atoms with Crippen LogP contribution in [0.25, 0.3) is 0 Å². The van der Waals surface area contributed by atoms with Gasteiger partial charge in [-0.05, 0) is 12.1 Å². The lowest BCUT2D eigenvalue weighted by Crippen LogP contribution is -2.15. The Morgan fingerprint density at radius 3 is 2.69 bits per heavy atom. The van der Waals surface area contributed by atoms with Gasteiger partial charge in [0, 0.05) is 5.25 Å². The molecular weight excluding hydrogens is 188 g/mol. The van der Waals surface area contributed by atoms with Gasteiger partial charge in [0.15, 0.2) is 5.82 Å². The van der Waals surface area contributed by atoms with Crippen molar-refractivity contribution in [2.75, 3.05) is 0 Å². The predicted octanol–water partition coefficient (Wildman–Crippen LogP) is 0.213. The second-order valence-electron chi connectivity index (χ2n) is 2.95. The first-order valence-electron chi connectivity index (χ1n) is 4.12. The second kappa shape index (κ2) is 4.57. The van der Waals surface area contributed by atoms with Gasteiger partial charge in [0.2, 0.25) is 0 Å². The van der Waals surface area contributed by atoms with Crippen LogP contribution in [-0.2, 0) is 12.8 Å². The highest BCUT2D eigenvalue weighted by Gasteiger charge is 2.10. The summed E-state index contributed by atoms with van der Waals surface area (Å²) in [7, 11) is 1.74. The minimum Gasteiger partial charge on any atom is -0.392 e. The van der Waals surface area contributed by atoms with Crippen LogP contribution in [0, 0.1) is 0 Å². The quantitative estimate of drug-likeness (QED) is 0.756. The minimum absolute atomic E-state index is 0.198. The van der Waals surface area contributed by atoms with Gasteiger partial charge in [0.25, 0.3) is 0 Å². The Hall–Kier alpha value is -0.620. The Balaban J connectivity index is 2.35. The lowest BCUT2D eigenvalue weighted by Gasteiger charge is -2.11. The molecule has 0 amide bonds. The number of hydrogen-bond donors (Lipinski definition) is 1. The monoisotopic (exact) mass is 202 g/mol. The maximum absolute atomic E-state index is 9.22. The first-order chi connectivity index (χ1) is 6.09. The molecule has 0 aliphatic rings. The normalized spacial score (nSPS) is 15.7. The van der Waals surface area contributed by atoms with E-state index in [0.717, 1.165) is 0 Å². The zero-order valence-electron chi connectivity index (χ0n) is 8.01. The predicted molar refractivity (Wildman–Crippen MR) is 51.2 cm³/mol. The van der Waals surface area contributed by atoms with Crippen LogP contribution in [0.3, 0.4) is 0 Å². The van der Waals surface area contributed by atoms with Crippen LogP contribution in [-0.4, -0.2) is 36.7 Å². The van der Waals surface area contributed by atoms with E-state index in [1.54, 1.807) is 25.7 Å². The third-order valence-electron chi connectivity index (χ3n) is 1.70. The van der Waals surface area contributed by atoms with Gasteiger partial charge in [0.05, 0.1) is 18.9 Å². The molecule has 5 nitrogen and oxygen atoms in total. The van der Waals surface area contributed by atoms with Crippen molar-refractivity contribution in [1.29, 1.82) is 0 Å². The Morgan fingerprint density at radius 1 is 1.54 bits per heavy atom. The average Bonchev–Trinajstić information content (AvgIpc) is 2.47. The molecule has 1 rings (SSSR count). The zero-order chi connectivity index (χ0) is 9.84. The number of rotatable bonds is 4. The van der Waals surface area contributed by atoms with E-state index < -0.39 is 0 Å². The number of aryl methyl sites for hydroxylation is 1. The number of aromatic nitrogens is 4. The van der Waals surface area contributed by atoms with Crippen molar-refractivity contribution in [2.24, 2.45) is 7.05 Å². The maximum atomic E-state index is 9.22. The van der Waals surface area contributed by atoms with Crippen LogP contribution < -0.4 is 0 Å². The van der Waals surface area contributed by atoms with E-state index in [1.807, 2.05) is 6.92 Å². The second-order valence-corrected chi connectivity index (χ2v) is 4.32. The summed E-state index contributed by atoms with van der Waals surface area (Å²) in [5, 5.41) is 21.0. The van der Waals surface area contributed by atoms with Crippen LogP contribution in [0.5, 0.6) is 0 Å². The number of hydrogen-bond acceptors (Lipinski definition) is 5. The Labute approximate surface area is 81.5 Å². The van der Waals surface area contributed by atoms with Crippen molar-refractivity contribution in [3.63, 3.8) is 0 Å². The molecule has 0 saturated carbocycles. The van der Waals surface area contributed by atoms with Gasteiger partial charge in [-0.25, -0.2) is 0 Å². The van der Waals surface area contributed by atoms with Crippen molar-refractivity contribution in [1.82, 2.24) is 20.2 Å². The molecule has 0 spiro atoms. The standard InChI is InChI=1S/C7H14N4OS/c1-5(12)6(2)13-4-7-8-10-11(3)9-7/h5-6,12H,4H2,1-3H3. The Kier molecular flexibility index (Phi) is 3.68. The molecule has 0 aliphatic carbocycles. The third-order valence-corrected chi connectivity index (χ3v) is 3.05. The molecule has 1 aromatic heterocycles. The van der Waals surface area contributed by atoms with Crippen molar-refractivity contribution in [3.05, 3.63) is 5.82 Å². The number of aliphatic hydroxyl groups excluding tert-OH is 1. The van der Waals surface area contributed by atoms with Gasteiger partial charge >= 0.3 is 0 Å². The molecule has 0 bridgehead atoms. The summed E-state index contributed by atoms with van der Waals surface area (Å²) >= 11 is 1.62. The van der Waals surface area contributed by atoms with Crippen molar-refractivity contribution >= 4 is 11.8 Å². The molecule has 0 aliphatic heterocycles. The van der Waals surface area contributed by atoms with Crippen LogP contribution in [0.4, 0.5) is 0 Å². The lowest BCUT2D eigenvalue weighted by molar-refractivity contribution is 0.196. The molecule has 1 aromatic rings. The summed E-state index contributed by atoms with van der Waals surface area (Å²) in [5.74, 6) is 1.40. The minimum atomic E-state index is -0.304. The van der Waals surface area contributed by atoms with Gasteiger partial charge in [-0.15, -0.1) is 22.0 Å². The van der Waals surface area contributed by atoms with Gasteiger partial charge in [-0.1, -0.05) is 6.92 Å². The topological polar surface area (TPSA) is 63.8 Å². The number of aliphatic hydroxyl groups is 1. The van der Waals surface area contributed by atoms with Crippen LogP contribution >= 0.6 is 11.8 Å². The van der Waals surface area contributed by atoms with Crippen LogP contribution in [0.2, 0.25) is 0 Å². The molecule has 13 heavy (non-hydrogen) atoms. The first-order valence-corrected chi connectivity index (χ1v) is 5.17.